The van der Waals surface area contributed by atoms with Crippen molar-refractivity contribution in [2.24, 2.45) is 0 Å². The van der Waals surface area contributed by atoms with Gasteiger partial charge in [0.1, 0.15) is 6.04 Å². The number of hydroxylamine groups is 2. The molecule has 0 radical (unpaired) electrons. The molecule has 2 aliphatic rings. The molecule has 2 amide bonds. The number of unbranched alkanes of at least 4 members (excludes halogenated alkanes) is 1. The molecule has 1 saturated heterocycles. The van der Waals surface area contributed by atoms with Crippen LogP contribution in [0.25, 0.3) is 0 Å². The first kappa shape index (κ1) is 15.0. The molecule has 0 saturated carbocycles. The summed E-state index contributed by atoms with van der Waals surface area (Å²) < 4.78 is 1.87. The Kier molecular flexibility index (Phi) is 4.42. The highest BCUT2D eigenvalue weighted by molar-refractivity contribution is 5.82. The number of rotatable bonds is 4. The second-order valence-corrected chi connectivity index (χ2v) is 5.81. The maximum Gasteiger partial charge on any atom is 0.271 e. The van der Waals surface area contributed by atoms with E-state index in [4.69, 9.17) is 4.84 Å². The molecule has 0 unspecified atom stereocenters. The monoisotopic (exact) mass is 306 g/mol. The standard InChI is InChI=1S/C15H22N4O3/c1-2-3-5-14(20)17-9-12-8-16-11-18(12)13(10-17)15(21)19-6-4-7-22-19/h8,11,13H,2-7,9-10H2,1H3/t13-/m1/s1. The first-order valence-electron chi connectivity index (χ1n) is 7.93. The van der Waals surface area contributed by atoms with Crippen LogP contribution in [-0.2, 0) is 21.0 Å². The lowest BCUT2D eigenvalue weighted by Gasteiger charge is -2.35. The molecule has 1 atom stereocenters. The van der Waals surface area contributed by atoms with E-state index in [1.54, 1.807) is 17.4 Å². The van der Waals surface area contributed by atoms with Crippen molar-refractivity contribution in [3.05, 3.63) is 18.2 Å². The fourth-order valence-electron chi connectivity index (χ4n) is 2.95. The van der Waals surface area contributed by atoms with Gasteiger partial charge in [-0.2, -0.15) is 0 Å². The van der Waals surface area contributed by atoms with Crippen molar-refractivity contribution in [3.63, 3.8) is 0 Å². The lowest BCUT2D eigenvalue weighted by molar-refractivity contribution is -0.174. The van der Waals surface area contributed by atoms with Gasteiger partial charge in [0.25, 0.3) is 5.91 Å². The largest absolute Gasteiger partial charge is 0.334 e. The van der Waals surface area contributed by atoms with E-state index in [0.29, 0.717) is 32.7 Å². The fourth-order valence-corrected chi connectivity index (χ4v) is 2.95. The summed E-state index contributed by atoms with van der Waals surface area (Å²) in [4.78, 5) is 36.2. The van der Waals surface area contributed by atoms with Crippen molar-refractivity contribution in [2.75, 3.05) is 19.7 Å². The van der Waals surface area contributed by atoms with Gasteiger partial charge in [0.2, 0.25) is 5.91 Å². The third-order valence-electron chi connectivity index (χ3n) is 4.21. The summed E-state index contributed by atoms with van der Waals surface area (Å²) in [5, 5.41) is 1.43. The summed E-state index contributed by atoms with van der Waals surface area (Å²) in [5.41, 5.74) is 0.897. The first-order chi connectivity index (χ1) is 10.7. The summed E-state index contributed by atoms with van der Waals surface area (Å²) >= 11 is 0. The summed E-state index contributed by atoms with van der Waals surface area (Å²) in [5.74, 6) is 0.0131. The lowest BCUT2D eigenvalue weighted by atomic mass is 10.1. The third kappa shape index (κ3) is 2.85. The van der Waals surface area contributed by atoms with Gasteiger partial charge in [-0.1, -0.05) is 13.3 Å². The van der Waals surface area contributed by atoms with Gasteiger partial charge < -0.3 is 9.47 Å². The third-order valence-corrected chi connectivity index (χ3v) is 4.21. The molecule has 2 aliphatic heterocycles. The van der Waals surface area contributed by atoms with Crippen LogP contribution in [0, 0.1) is 0 Å². The minimum atomic E-state index is -0.435. The Labute approximate surface area is 129 Å². The Hall–Kier alpha value is -1.89. The Morgan fingerprint density at radius 3 is 3.05 bits per heavy atom. The van der Waals surface area contributed by atoms with Crippen LogP contribution in [0.2, 0.25) is 0 Å². The van der Waals surface area contributed by atoms with Gasteiger partial charge in [0, 0.05) is 12.6 Å². The van der Waals surface area contributed by atoms with Crippen molar-refractivity contribution in [2.45, 2.75) is 45.2 Å². The van der Waals surface area contributed by atoms with Crippen LogP contribution in [0.1, 0.15) is 44.3 Å². The smallest absolute Gasteiger partial charge is 0.271 e. The normalized spacial score (nSPS) is 21.0. The van der Waals surface area contributed by atoms with E-state index < -0.39 is 6.04 Å². The molecule has 3 rings (SSSR count). The molecule has 1 aromatic rings. The van der Waals surface area contributed by atoms with Crippen molar-refractivity contribution in [3.8, 4) is 0 Å². The van der Waals surface area contributed by atoms with Crippen molar-refractivity contribution >= 4 is 11.8 Å². The molecule has 1 fully saturated rings. The number of nitrogens with zero attached hydrogens (tertiary/aromatic N) is 4. The maximum absolute atomic E-state index is 12.7. The summed E-state index contributed by atoms with van der Waals surface area (Å²) in [7, 11) is 0. The zero-order valence-corrected chi connectivity index (χ0v) is 12.9. The second-order valence-electron chi connectivity index (χ2n) is 5.81. The molecular formula is C15H22N4O3. The van der Waals surface area contributed by atoms with Gasteiger partial charge in [-0.15, -0.1) is 0 Å². The van der Waals surface area contributed by atoms with E-state index in [-0.39, 0.29) is 11.8 Å². The molecule has 7 nitrogen and oxygen atoms in total. The molecular weight excluding hydrogens is 284 g/mol. The molecule has 0 aliphatic carbocycles. The summed E-state index contributed by atoms with van der Waals surface area (Å²) in [6, 6.07) is -0.435. The van der Waals surface area contributed by atoms with Gasteiger partial charge in [0.05, 0.1) is 38.3 Å². The molecule has 3 heterocycles. The number of hydrogen-bond acceptors (Lipinski definition) is 4. The van der Waals surface area contributed by atoms with E-state index in [1.165, 1.54) is 5.06 Å². The van der Waals surface area contributed by atoms with E-state index in [1.807, 2.05) is 4.57 Å². The highest BCUT2D eigenvalue weighted by atomic mass is 16.7. The summed E-state index contributed by atoms with van der Waals surface area (Å²) in [6.07, 6.45) is 6.65. The second kappa shape index (κ2) is 6.48. The SMILES string of the molecule is CCCCC(=O)N1Cc2cncn2[C@@H](C(=O)N2CCCO2)C1. The highest BCUT2D eigenvalue weighted by Crippen LogP contribution is 2.24. The number of amides is 2. The fraction of sp³-hybridized carbons (Fsp3) is 0.667. The number of carbonyl (C=O) groups is 2. The van der Waals surface area contributed by atoms with Crippen LogP contribution < -0.4 is 0 Å². The van der Waals surface area contributed by atoms with E-state index >= 15 is 0 Å². The molecule has 120 valence electrons. The Morgan fingerprint density at radius 2 is 2.32 bits per heavy atom. The van der Waals surface area contributed by atoms with Crippen LogP contribution in [-0.4, -0.2) is 51.0 Å². The molecule has 0 aromatic carbocycles. The Morgan fingerprint density at radius 1 is 1.45 bits per heavy atom. The molecule has 0 spiro atoms. The van der Waals surface area contributed by atoms with Crippen molar-refractivity contribution < 1.29 is 14.4 Å². The van der Waals surface area contributed by atoms with E-state index in [9.17, 15) is 9.59 Å². The van der Waals surface area contributed by atoms with Gasteiger partial charge in [-0.25, -0.2) is 10.0 Å². The van der Waals surface area contributed by atoms with Crippen LogP contribution in [0.3, 0.4) is 0 Å². The van der Waals surface area contributed by atoms with Gasteiger partial charge in [-0.3, -0.25) is 14.4 Å². The molecule has 22 heavy (non-hydrogen) atoms. The number of imidazole rings is 1. The number of carbonyl (C=O) groups excluding carboxylic acids is 2. The predicted octanol–water partition coefficient (Wildman–Crippen LogP) is 1.12. The quantitative estimate of drug-likeness (QED) is 0.836. The average Bonchev–Trinajstić information content (AvgIpc) is 3.21. The predicted molar refractivity (Wildman–Crippen MR) is 78.5 cm³/mol. The van der Waals surface area contributed by atoms with Crippen molar-refractivity contribution in [1.29, 1.82) is 0 Å². The van der Waals surface area contributed by atoms with Crippen LogP contribution >= 0.6 is 0 Å². The van der Waals surface area contributed by atoms with Gasteiger partial charge in [-0.05, 0) is 12.8 Å². The van der Waals surface area contributed by atoms with Crippen LogP contribution in [0.4, 0.5) is 0 Å². The highest BCUT2D eigenvalue weighted by Gasteiger charge is 2.36. The zero-order chi connectivity index (χ0) is 15.5. The number of fused-ring (bicyclic) bond motifs is 1. The molecule has 0 bridgehead atoms. The van der Waals surface area contributed by atoms with Crippen LogP contribution in [0.15, 0.2) is 12.5 Å². The maximum atomic E-state index is 12.7. The average molecular weight is 306 g/mol. The zero-order valence-electron chi connectivity index (χ0n) is 12.9. The lowest BCUT2D eigenvalue weighted by Crippen LogP contribution is -2.46. The molecule has 1 aromatic heterocycles. The van der Waals surface area contributed by atoms with Gasteiger partial charge >= 0.3 is 0 Å². The molecule has 0 N–H and O–H groups in total. The van der Waals surface area contributed by atoms with Crippen LogP contribution in [0.5, 0.6) is 0 Å². The number of hydrogen-bond donors (Lipinski definition) is 0. The first-order valence-corrected chi connectivity index (χ1v) is 7.93. The Bertz CT molecular complexity index is 551. The minimum absolute atomic E-state index is 0.0928. The van der Waals surface area contributed by atoms with E-state index in [2.05, 4.69) is 11.9 Å². The minimum Gasteiger partial charge on any atom is -0.334 e. The van der Waals surface area contributed by atoms with Gasteiger partial charge in [0.15, 0.2) is 0 Å². The van der Waals surface area contributed by atoms with Crippen molar-refractivity contribution in [1.82, 2.24) is 19.5 Å². The summed E-state index contributed by atoms with van der Waals surface area (Å²) in [6.45, 7) is 4.17. The Balaban J connectivity index is 1.77. The number of aromatic nitrogens is 2. The topological polar surface area (TPSA) is 67.7 Å². The molecule has 7 heteroatoms. The van der Waals surface area contributed by atoms with E-state index in [0.717, 1.165) is 25.0 Å².